The van der Waals surface area contributed by atoms with Gasteiger partial charge in [-0.05, 0) is 49.4 Å². The number of aryl methyl sites for hydroxylation is 1. The molecule has 0 fully saturated rings. The van der Waals surface area contributed by atoms with Gasteiger partial charge in [-0.2, -0.15) is 10.4 Å². The lowest BCUT2D eigenvalue weighted by molar-refractivity contribution is 0.103. The molecule has 0 unspecified atom stereocenters. The molecule has 28 heavy (non-hydrogen) atoms. The van der Waals surface area contributed by atoms with Crippen molar-refractivity contribution in [1.29, 1.82) is 5.26 Å². The quantitative estimate of drug-likeness (QED) is 0.354. The molecule has 0 aliphatic carbocycles. The number of benzene rings is 2. The first-order chi connectivity index (χ1) is 13.5. The molecule has 140 valence electrons. The van der Waals surface area contributed by atoms with Crippen LogP contribution < -0.4 is 4.74 Å². The summed E-state index contributed by atoms with van der Waals surface area (Å²) >= 11 is 6.43. The fourth-order valence-electron chi connectivity index (χ4n) is 2.70. The van der Waals surface area contributed by atoms with Gasteiger partial charge in [-0.3, -0.25) is 4.79 Å². The van der Waals surface area contributed by atoms with E-state index < -0.39 is 5.78 Å². The molecule has 0 aliphatic rings. The number of hydrogen-bond donors (Lipinski definition) is 0. The van der Waals surface area contributed by atoms with Gasteiger partial charge in [0.15, 0.2) is 0 Å². The van der Waals surface area contributed by atoms with E-state index in [2.05, 4.69) is 5.10 Å². The van der Waals surface area contributed by atoms with E-state index in [-0.39, 0.29) is 22.1 Å². The van der Waals surface area contributed by atoms with Crippen molar-refractivity contribution in [3.63, 3.8) is 0 Å². The molecule has 0 N–H and O–H groups in total. The normalized spacial score (nSPS) is 11.2. The zero-order valence-corrected chi connectivity index (χ0v) is 15.9. The van der Waals surface area contributed by atoms with Gasteiger partial charge in [0.05, 0.1) is 24.1 Å². The summed E-state index contributed by atoms with van der Waals surface area (Å²) in [5.74, 6) is -0.485. The van der Waals surface area contributed by atoms with Crippen LogP contribution in [-0.4, -0.2) is 22.7 Å². The number of ketones is 1. The first-order valence-corrected chi connectivity index (χ1v) is 8.64. The SMILES string of the molecule is COc1ccccc1C(=O)/C(C#N)=C/c1c(C)nn(-c2ccc(F)cc2)c1Cl. The number of nitriles is 1. The van der Waals surface area contributed by atoms with Gasteiger partial charge < -0.3 is 4.74 Å². The Hall–Kier alpha value is -3.43. The first kappa shape index (κ1) is 19.3. The maximum Gasteiger partial charge on any atom is 0.207 e. The number of carbonyl (C=O) groups excluding carboxylic acids is 1. The molecule has 1 heterocycles. The van der Waals surface area contributed by atoms with Crippen molar-refractivity contribution in [3.8, 4) is 17.5 Å². The topological polar surface area (TPSA) is 67.9 Å². The fourth-order valence-corrected chi connectivity index (χ4v) is 3.03. The molecule has 0 saturated carbocycles. The van der Waals surface area contributed by atoms with Crippen LogP contribution in [0.5, 0.6) is 5.75 Å². The van der Waals surface area contributed by atoms with E-state index in [1.807, 2.05) is 6.07 Å². The average molecular weight is 396 g/mol. The van der Waals surface area contributed by atoms with E-state index in [1.165, 1.54) is 42.1 Å². The van der Waals surface area contributed by atoms with Crippen LogP contribution in [0.3, 0.4) is 0 Å². The second-order valence-electron chi connectivity index (χ2n) is 5.88. The number of methoxy groups -OCH3 is 1. The summed E-state index contributed by atoms with van der Waals surface area (Å²) in [5.41, 5.74) is 1.69. The lowest BCUT2D eigenvalue weighted by atomic mass is 10.0. The number of Topliss-reactive ketones (excluding diaryl/α,β-unsaturated/α-hetero) is 1. The van der Waals surface area contributed by atoms with Gasteiger partial charge in [-0.25, -0.2) is 9.07 Å². The Bertz CT molecular complexity index is 1110. The Kier molecular flexibility index (Phi) is 5.57. The van der Waals surface area contributed by atoms with Crippen LogP contribution in [0, 0.1) is 24.1 Å². The van der Waals surface area contributed by atoms with E-state index in [9.17, 15) is 14.4 Å². The number of para-hydroxylation sites is 1. The Morgan fingerprint density at radius 1 is 1.25 bits per heavy atom. The molecule has 2 aromatic carbocycles. The number of hydrogen-bond acceptors (Lipinski definition) is 4. The van der Waals surface area contributed by atoms with Gasteiger partial charge in [0, 0.05) is 5.56 Å². The Morgan fingerprint density at radius 3 is 2.57 bits per heavy atom. The van der Waals surface area contributed by atoms with Crippen LogP contribution in [0.1, 0.15) is 21.6 Å². The highest BCUT2D eigenvalue weighted by Gasteiger charge is 2.20. The molecule has 0 aliphatic heterocycles. The van der Waals surface area contributed by atoms with E-state index in [4.69, 9.17) is 16.3 Å². The van der Waals surface area contributed by atoms with Gasteiger partial charge in [0.25, 0.3) is 0 Å². The van der Waals surface area contributed by atoms with Crippen molar-refractivity contribution in [2.24, 2.45) is 0 Å². The Balaban J connectivity index is 2.05. The molecule has 1 aromatic heterocycles. The summed E-state index contributed by atoms with van der Waals surface area (Å²) in [6.45, 7) is 1.71. The molecule has 0 amide bonds. The Morgan fingerprint density at radius 2 is 1.93 bits per heavy atom. The van der Waals surface area contributed by atoms with Gasteiger partial charge in [-0.1, -0.05) is 23.7 Å². The van der Waals surface area contributed by atoms with Crippen molar-refractivity contribution in [2.45, 2.75) is 6.92 Å². The number of rotatable bonds is 5. The molecule has 0 saturated heterocycles. The summed E-state index contributed by atoms with van der Waals surface area (Å²) in [7, 11) is 1.45. The third-order valence-electron chi connectivity index (χ3n) is 4.12. The summed E-state index contributed by atoms with van der Waals surface area (Å²) in [4.78, 5) is 12.8. The number of halogens is 2. The van der Waals surface area contributed by atoms with Gasteiger partial charge in [-0.15, -0.1) is 0 Å². The van der Waals surface area contributed by atoms with E-state index in [1.54, 1.807) is 31.2 Å². The fraction of sp³-hybridized carbons (Fsp3) is 0.0952. The Labute approximate surface area is 166 Å². The summed E-state index contributed by atoms with van der Waals surface area (Å²) in [6, 6.07) is 14.2. The number of carbonyl (C=O) groups is 1. The summed E-state index contributed by atoms with van der Waals surface area (Å²) in [5, 5.41) is 14.1. The van der Waals surface area contributed by atoms with Crippen LogP contribution >= 0.6 is 11.6 Å². The van der Waals surface area contributed by atoms with Crippen molar-refractivity contribution in [1.82, 2.24) is 9.78 Å². The third kappa shape index (κ3) is 3.66. The van der Waals surface area contributed by atoms with Crippen molar-refractivity contribution in [3.05, 3.63) is 81.9 Å². The van der Waals surface area contributed by atoms with Crippen LogP contribution in [0.4, 0.5) is 4.39 Å². The van der Waals surface area contributed by atoms with Crippen LogP contribution in [0.25, 0.3) is 11.8 Å². The highest BCUT2D eigenvalue weighted by atomic mass is 35.5. The highest BCUT2D eigenvalue weighted by Crippen LogP contribution is 2.28. The number of nitrogens with zero attached hydrogens (tertiary/aromatic N) is 3. The smallest absolute Gasteiger partial charge is 0.207 e. The van der Waals surface area contributed by atoms with Crippen molar-refractivity contribution >= 4 is 23.5 Å². The van der Waals surface area contributed by atoms with Gasteiger partial charge >= 0.3 is 0 Å². The molecule has 5 nitrogen and oxygen atoms in total. The van der Waals surface area contributed by atoms with E-state index in [0.29, 0.717) is 22.7 Å². The maximum atomic E-state index is 13.2. The number of aromatic nitrogens is 2. The molecule has 0 radical (unpaired) electrons. The molecule has 0 bridgehead atoms. The lowest BCUT2D eigenvalue weighted by Crippen LogP contribution is -2.04. The van der Waals surface area contributed by atoms with Crippen LogP contribution in [0.15, 0.2) is 54.1 Å². The molecule has 7 heteroatoms. The lowest BCUT2D eigenvalue weighted by Gasteiger charge is -2.06. The molecule has 0 atom stereocenters. The van der Waals surface area contributed by atoms with Crippen LogP contribution in [-0.2, 0) is 0 Å². The first-order valence-electron chi connectivity index (χ1n) is 8.26. The monoisotopic (exact) mass is 395 g/mol. The summed E-state index contributed by atoms with van der Waals surface area (Å²) < 4.78 is 19.8. The standard InChI is InChI=1S/C21H15ClFN3O2/c1-13-18(21(22)26(25-13)16-9-7-15(23)8-10-16)11-14(12-24)20(27)17-5-3-4-6-19(17)28-2/h3-11H,1-2H3/b14-11+. The van der Waals surface area contributed by atoms with Crippen molar-refractivity contribution in [2.75, 3.05) is 7.11 Å². The zero-order chi connectivity index (χ0) is 20.3. The molecule has 3 rings (SSSR count). The zero-order valence-electron chi connectivity index (χ0n) is 15.1. The minimum Gasteiger partial charge on any atom is -0.496 e. The molecule has 0 spiro atoms. The summed E-state index contributed by atoms with van der Waals surface area (Å²) in [6.07, 6.45) is 1.40. The molecule has 3 aromatic rings. The number of ether oxygens (including phenoxy) is 1. The van der Waals surface area contributed by atoms with Crippen LogP contribution in [0.2, 0.25) is 5.15 Å². The number of allylic oxidation sites excluding steroid dienone is 1. The predicted octanol–water partition coefficient (Wildman–Crippen LogP) is 4.77. The predicted molar refractivity (Wildman–Crippen MR) is 104 cm³/mol. The minimum absolute atomic E-state index is 0.104. The van der Waals surface area contributed by atoms with E-state index >= 15 is 0 Å². The van der Waals surface area contributed by atoms with Crippen molar-refractivity contribution < 1.29 is 13.9 Å². The molecular weight excluding hydrogens is 381 g/mol. The van der Waals surface area contributed by atoms with Gasteiger partial charge in [0.2, 0.25) is 5.78 Å². The molecular formula is C21H15ClFN3O2. The highest BCUT2D eigenvalue weighted by molar-refractivity contribution is 6.31. The van der Waals surface area contributed by atoms with E-state index in [0.717, 1.165) is 0 Å². The second kappa shape index (κ2) is 8.07. The average Bonchev–Trinajstić information content (AvgIpc) is 2.99. The minimum atomic E-state index is -0.482. The third-order valence-corrected chi connectivity index (χ3v) is 4.49. The largest absolute Gasteiger partial charge is 0.496 e. The second-order valence-corrected chi connectivity index (χ2v) is 6.24. The van der Waals surface area contributed by atoms with Gasteiger partial charge in [0.1, 0.15) is 28.4 Å². The maximum absolute atomic E-state index is 13.2.